The normalized spacial score (nSPS) is 18.5. The van der Waals surface area contributed by atoms with Crippen molar-refractivity contribution in [3.05, 3.63) is 86.7 Å². The van der Waals surface area contributed by atoms with Gasteiger partial charge in [-0.2, -0.15) is 5.10 Å². The van der Waals surface area contributed by atoms with Gasteiger partial charge in [-0.3, -0.25) is 9.69 Å². The van der Waals surface area contributed by atoms with E-state index in [4.69, 9.17) is 27.9 Å². The fraction of sp³-hybridized carbons (Fsp3) is 0.455. The van der Waals surface area contributed by atoms with Gasteiger partial charge in [-0.1, -0.05) is 28.4 Å². The molecule has 4 heterocycles. The van der Waals surface area contributed by atoms with Crippen molar-refractivity contribution in [1.29, 1.82) is 0 Å². The van der Waals surface area contributed by atoms with Gasteiger partial charge in [0.25, 0.3) is 0 Å². The summed E-state index contributed by atoms with van der Waals surface area (Å²) in [4.78, 5) is 17.7. The summed E-state index contributed by atoms with van der Waals surface area (Å²) in [5, 5.41) is 14.7. The van der Waals surface area contributed by atoms with Gasteiger partial charge in [0.15, 0.2) is 0 Å². The second-order valence-corrected chi connectivity index (χ2v) is 13.9. The lowest BCUT2D eigenvalue weighted by molar-refractivity contribution is -0.133. The van der Waals surface area contributed by atoms with Crippen molar-refractivity contribution in [2.45, 2.75) is 71.6 Å². The molecule has 0 aliphatic carbocycles. The van der Waals surface area contributed by atoms with Crippen molar-refractivity contribution in [2.24, 2.45) is 0 Å². The maximum atomic E-state index is 14.2. The fourth-order valence-electron chi connectivity index (χ4n) is 6.47. The van der Waals surface area contributed by atoms with Gasteiger partial charge in [0, 0.05) is 49.4 Å². The lowest BCUT2D eigenvalue weighted by atomic mass is 9.89. The number of hydrogen-bond donors (Lipinski definition) is 0. The number of piperazine rings is 1. The average molecular weight is 655 g/mol. The minimum Gasteiger partial charge on any atom is -0.487 e. The lowest BCUT2D eigenvalue weighted by Crippen LogP contribution is -2.54. The molecule has 1 saturated heterocycles. The number of carbonyl (C=O) groups is 1. The predicted molar refractivity (Wildman–Crippen MR) is 172 cm³/mol. The van der Waals surface area contributed by atoms with Crippen LogP contribution >= 0.6 is 23.2 Å². The number of halogens is 3. The largest absolute Gasteiger partial charge is 0.487 e. The first-order chi connectivity index (χ1) is 21.2. The molecule has 6 rings (SSSR count). The first kappa shape index (κ1) is 31.5. The second kappa shape index (κ2) is 11.7. The molecule has 238 valence electrons. The highest BCUT2D eigenvalue weighted by atomic mass is 35.5. The van der Waals surface area contributed by atoms with Crippen LogP contribution < -0.4 is 4.74 Å². The van der Waals surface area contributed by atoms with Gasteiger partial charge in [0.2, 0.25) is 5.91 Å². The van der Waals surface area contributed by atoms with E-state index in [-0.39, 0.29) is 24.2 Å². The van der Waals surface area contributed by atoms with Gasteiger partial charge < -0.3 is 9.64 Å². The van der Waals surface area contributed by atoms with Gasteiger partial charge in [-0.25, -0.2) is 13.8 Å². The standard InChI is InChI=1S/C33H38Cl2FN7O2/c1-20-24(21(2)43(38-20)23-8-9-26(34)27(35)16-23)17-31(44)40-11-13-41(14-12-40)33(5,6)30-19-42(39-37-30)28-18-32(3,4)45-29-10-7-22(36)15-25(28)29/h7-10,15-16,19,28H,11-14,17-18H2,1-6H3/t28-/m1/s1. The number of nitrogens with zero attached hydrogens (tertiary/aromatic N) is 7. The Morgan fingerprint density at radius 2 is 1.80 bits per heavy atom. The topological polar surface area (TPSA) is 81.3 Å². The summed E-state index contributed by atoms with van der Waals surface area (Å²) in [5.74, 6) is 0.439. The Hall–Kier alpha value is -3.47. The summed E-state index contributed by atoms with van der Waals surface area (Å²) in [6.07, 6.45) is 2.88. The molecule has 1 fully saturated rings. The van der Waals surface area contributed by atoms with E-state index >= 15 is 0 Å². The molecule has 2 aromatic heterocycles. The Kier molecular flexibility index (Phi) is 8.20. The number of hydrogen-bond acceptors (Lipinski definition) is 6. The summed E-state index contributed by atoms with van der Waals surface area (Å²) >= 11 is 12.3. The molecule has 2 aliphatic rings. The van der Waals surface area contributed by atoms with Crippen molar-refractivity contribution in [1.82, 2.24) is 34.6 Å². The van der Waals surface area contributed by atoms with E-state index in [2.05, 4.69) is 34.2 Å². The van der Waals surface area contributed by atoms with Gasteiger partial charge in [0.1, 0.15) is 22.9 Å². The SMILES string of the molecule is Cc1nn(-c2ccc(Cl)c(Cl)c2)c(C)c1CC(=O)N1CCN(C(C)(C)c2cn([C@@H]3CC(C)(C)Oc4ccc(F)cc43)nn2)CC1. The maximum Gasteiger partial charge on any atom is 0.227 e. The number of aromatic nitrogens is 5. The Morgan fingerprint density at radius 3 is 2.51 bits per heavy atom. The highest BCUT2D eigenvalue weighted by Crippen LogP contribution is 2.42. The third kappa shape index (κ3) is 6.07. The van der Waals surface area contributed by atoms with Crippen LogP contribution in [-0.4, -0.2) is 72.3 Å². The number of benzene rings is 2. The van der Waals surface area contributed by atoms with E-state index in [0.717, 1.165) is 33.9 Å². The van der Waals surface area contributed by atoms with Crippen LogP contribution in [0.25, 0.3) is 5.69 Å². The van der Waals surface area contributed by atoms with Gasteiger partial charge in [-0.05, 0) is 77.9 Å². The molecule has 45 heavy (non-hydrogen) atoms. The lowest BCUT2D eigenvalue weighted by Gasteiger charge is -2.43. The van der Waals surface area contributed by atoms with Crippen LogP contribution in [0.2, 0.25) is 10.0 Å². The van der Waals surface area contributed by atoms with E-state index < -0.39 is 11.1 Å². The molecule has 0 spiro atoms. The van der Waals surface area contributed by atoms with Crippen LogP contribution in [0, 0.1) is 19.7 Å². The summed E-state index contributed by atoms with van der Waals surface area (Å²) in [5.41, 5.74) is 4.17. The van der Waals surface area contributed by atoms with Crippen molar-refractivity contribution in [3.8, 4) is 11.4 Å². The predicted octanol–water partition coefficient (Wildman–Crippen LogP) is 6.30. The van der Waals surface area contributed by atoms with Crippen LogP contribution in [0.3, 0.4) is 0 Å². The smallest absolute Gasteiger partial charge is 0.227 e. The minimum atomic E-state index is -0.431. The number of fused-ring (bicyclic) bond motifs is 1. The highest BCUT2D eigenvalue weighted by Gasteiger charge is 2.39. The number of ether oxygens (including phenoxy) is 1. The Morgan fingerprint density at radius 1 is 1.07 bits per heavy atom. The molecule has 12 heteroatoms. The van der Waals surface area contributed by atoms with E-state index in [1.165, 1.54) is 12.1 Å². The number of carbonyl (C=O) groups excluding carboxylic acids is 1. The molecular weight excluding hydrogens is 616 g/mol. The fourth-order valence-corrected chi connectivity index (χ4v) is 6.76. The summed E-state index contributed by atoms with van der Waals surface area (Å²) in [7, 11) is 0. The molecule has 1 amide bonds. The van der Waals surface area contributed by atoms with Crippen molar-refractivity contribution >= 4 is 29.1 Å². The Balaban J connectivity index is 1.12. The maximum absolute atomic E-state index is 14.2. The molecule has 4 aromatic rings. The van der Waals surface area contributed by atoms with Crippen LogP contribution in [-0.2, 0) is 16.8 Å². The van der Waals surface area contributed by atoms with E-state index in [1.54, 1.807) is 18.2 Å². The van der Waals surface area contributed by atoms with Crippen LogP contribution in [0.5, 0.6) is 5.75 Å². The van der Waals surface area contributed by atoms with Gasteiger partial charge in [-0.15, -0.1) is 5.10 Å². The zero-order valence-corrected chi connectivity index (χ0v) is 28.0. The quantitative estimate of drug-likeness (QED) is 0.243. The molecule has 2 aliphatic heterocycles. The zero-order chi connectivity index (χ0) is 32.3. The summed E-state index contributed by atoms with van der Waals surface area (Å²) in [6.45, 7) is 14.8. The van der Waals surface area contributed by atoms with E-state index in [1.807, 2.05) is 54.2 Å². The third-order valence-corrected chi connectivity index (χ3v) is 9.94. The zero-order valence-electron chi connectivity index (χ0n) is 26.4. The van der Waals surface area contributed by atoms with E-state index in [9.17, 15) is 9.18 Å². The number of rotatable bonds is 6. The van der Waals surface area contributed by atoms with Crippen LogP contribution in [0.15, 0.2) is 42.6 Å². The van der Waals surface area contributed by atoms with Crippen molar-refractivity contribution in [3.63, 3.8) is 0 Å². The Labute approximate surface area is 272 Å². The van der Waals surface area contributed by atoms with Crippen LogP contribution in [0.4, 0.5) is 4.39 Å². The number of amides is 1. The van der Waals surface area contributed by atoms with Crippen molar-refractivity contribution in [2.75, 3.05) is 26.2 Å². The molecule has 1 atom stereocenters. The third-order valence-electron chi connectivity index (χ3n) is 9.20. The Bertz CT molecular complexity index is 1760. The first-order valence-corrected chi connectivity index (χ1v) is 15.9. The molecule has 9 nitrogen and oxygen atoms in total. The van der Waals surface area contributed by atoms with Gasteiger partial charge in [0.05, 0.1) is 45.6 Å². The minimum absolute atomic E-state index is 0.0753. The average Bonchev–Trinajstić information content (AvgIpc) is 3.60. The molecule has 0 unspecified atom stereocenters. The van der Waals surface area contributed by atoms with E-state index in [0.29, 0.717) is 48.4 Å². The summed E-state index contributed by atoms with van der Waals surface area (Å²) < 4.78 is 24.0. The molecule has 0 saturated carbocycles. The van der Waals surface area contributed by atoms with Crippen LogP contribution in [0.1, 0.15) is 68.4 Å². The monoisotopic (exact) mass is 653 g/mol. The molecule has 2 aromatic carbocycles. The van der Waals surface area contributed by atoms with Gasteiger partial charge >= 0.3 is 0 Å². The van der Waals surface area contributed by atoms with Crippen molar-refractivity contribution < 1.29 is 13.9 Å². The molecule has 0 radical (unpaired) electrons. The molecular formula is C33H38Cl2FN7O2. The number of aryl methyl sites for hydroxylation is 1. The highest BCUT2D eigenvalue weighted by molar-refractivity contribution is 6.42. The molecule has 0 bridgehead atoms. The first-order valence-electron chi connectivity index (χ1n) is 15.2. The second-order valence-electron chi connectivity index (χ2n) is 13.1. The summed E-state index contributed by atoms with van der Waals surface area (Å²) in [6, 6.07) is 9.82. The molecule has 0 N–H and O–H groups in total.